The lowest BCUT2D eigenvalue weighted by molar-refractivity contribution is -0.123. The van der Waals surface area contributed by atoms with E-state index in [0.717, 1.165) is 11.3 Å². The molecule has 1 N–H and O–H groups in total. The number of nitrogens with one attached hydrogen (secondary N) is 1. The lowest BCUT2D eigenvalue weighted by atomic mass is 9.97. The number of fused-ring (bicyclic) bond motifs is 1. The number of amides is 2. The largest absolute Gasteiger partial charge is 0.479 e. The fourth-order valence-electron chi connectivity index (χ4n) is 4.60. The van der Waals surface area contributed by atoms with Crippen molar-refractivity contribution >= 4 is 33.2 Å². The summed E-state index contributed by atoms with van der Waals surface area (Å²) in [5.74, 6) is -0.418. The quantitative estimate of drug-likeness (QED) is 0.700. The lowest BCUT2D eigenvalue weighted by Crippen LogP contribution is -2.47. The Morgan fingerprint density at radius 1 is 1.24 bits per heavy atom. The van der Waals surface area contributed by atoms with Gasteiger partial charge in [-0.15, -0.1) is 0 Å². The SMILES string of the molecule is CCN(C(=O)[C@H]1CCCN(S(=O)(=O)c2cc3c(cc2C)NC(=O)[C@H](C)O3)C1)c1cccc(C)c1. The Kier molecular flexibility index (Phi) is 6.69. The van der Waals surface area contributed by atoms with Crippen LogP contribution >= 0.6 is 0 Å². The van der Waals surface area contributed by atoms with Crippen molar-refractivity contribution in [3.05, 3.63) is 47.5 Å². The third kappa shape index (κ3) is 4.54. The van der Waals surface area contributed by atoms with Crippen LogP contribution in [0.2, 0.25) is 0 Å². The van der Waals surface area contributed by atoms with Gasteiger partial charge < -0.3 is 15.0 Å². The zero-order valence-electron chi connectivity index (χ0n) is 20.0. The summed E-state index contributed by atoms with van der Waals surface area (Å²) in [6.07, 6.45) is 0.543. The molecular weight excluding hydrogens is 454 g/mol. The topological polar surface area (TPSA) is 96.0 Å². The minimum absolute atomic E-state index is 0.0602. The molecule has 2 aliphatic heterocycles. The Balaban J connectivity index is 1.58. The molecule has 1 fully saturated rings. The van der Waals surface area contributed by atoms with E-state index >= 15 is 0 Å². The highest BCUT2D eigenvalue weighted by Crippen LogP contribution is 2.36. The molecule has 2 heterocycles. The van der Waals surface area contributed by atoms with Crippen molar-refractivity contribution < 1.29 is 22.7 Å². The summed E-state index contributed by atoms with van der Waals surface area (Å²) in [5.41, 5.74) is 2.86. The van der Waals surface area contributed by atoms with E-state index in [0.29, 0.717) is 42.9 Å². The van der Waals surface area contributed by atoms with Gasteiger partial charge in [0.05, 0.1) is 16.5 Å². The molecule has 0 unspecified atom stereocenters. The van der Waals surface area contributed by atoms with Gasteiger partial charge in [-0.2, -0.15) is 4.31 Å². The van der Waals surface area contributed by atoms with Crippen LogP contribution in [-0.2, 0) is 19.6 Å². The minimum Gasteiger partial charge on any atom is -0.479 e. The maximum absolute atomic E-state index is 13.6. The van der Waals surface area contributed by atoms with E-state index < -0.39 is 22.0 Å². The predicted octanol–water partition coefficient (Wildman–Crippen LogP) is 3.48. The predicted molar refractivity (Wildman–Crippen MR) is 131 cm³/mol. The Morgan fingerprint density at radius 2 is 2.00 bits per heavy atom. The maximum Gasteiger partial charge on any atom is 0.265 e. The summed E-state index contributed by atoms with van der Waals surface area (Å²) in [4.78, 5) is 27.2. The molecule has 2 atom stereocenters. The van der Waals surface area contributed by atoms with Gasteiger partial charge in [0, 0.05) is 31.4 Å². The maximum atomic E-state index is 13.6. The van der Waals surface area contributed by atoms with Crippen molar-refractivity contribution in [2.24, 2.45) is 5.92 Å². The average molecular weight is 486 g/mol. The Labute approximate surface area is 200 Å². The van der Waals surface area contributed by atoms with Gasteiger partial charge in [-0.25, -0.2) is 8.42 Å². The second-order valence-electron chi connectivity index (χ2n) is 8.99. The molecular formula is C25H31N3O5S. The number of ether oxygens (including phenoxy) is 1. The molecule has 9 heteroatoms. The van der Waals surface area contributed by atoms with Crippen molar-refractivity contribution in [3.63, 3.8) is 0 Å². The first kappa shape index (κ1) is 24.2. The number of aryl methyl sites for hydroxylation is 2. The Morgan fingerprint density at radius 3 is 2.71 bits per heavy atom. The number of rotatable bonds is 5. The van der Waals surface area contributed by atoms with E-state index in [1.165, 1.54) is 10.4 Å². The zero-order valence-corrected chi connectivity index (χ0v) is 20.8. The van der Waals surface area contributed by atoms with E-state index in [-0.39, 0.29) is 23.3 Å². The van der Waals surface area contributed by atoms with E-state index in [4.69, 9.17) is 4.74 Å². The molecule has 182 valence electrons. The molecule has 0 bridgehead atoms. The molecule has 34 heavy (non-hydrogen) atoms. The average Bonchev–Trinajstić information content (AvgIpc) is 2.80. The molecule has 2 aromatic rings. The van der Waals surface area contributed by atoms with Gasteiger partial charge in [0.15, 0.2) is 6.10 Å². The van der Waals surface area contributed by atoms with Crippen molar-refractivity contribution in [2.75, 3.05) is 29.9 Å². The van der Waals surface area contributed by atoms with Crippen molar-refractivity contribution in [2.45, 2.75) is 51.5 Å². The van der Waals surface area contributed by atoms with E-state index in [2.05, 4.69) is 5.32 Å². The van der Waals surface area contributed by atoms with E-state index in [1.807, 2.05) is 38.1 Å². The number of sulfonamides is 1. The van der Waals surface area contributed by atoms with Gasteiger partial charge in [-0.3, -0.25) is 9.59 Å². The number of nitrogens with zero attached hydrogens (tertiary/aromatic N) is 2. The van der Waals surface area contributed by atoms with Crippen LogP contribution < -0.4 is 15.0 Å². The molecule has 2 aliphatic rings. The number of carbonyl (C=O) groups excluding carboxylic acids is 2. The monoisotopic (exact) mass is 485 g/mol. The second kappa shape index (κ2) is 9.38. The second-order valence-corrected chi connectivity index (χ2v) is 10.9. The first-order chi connectivity index (χ1) is 16.1. The van der Waals surface area contributed by atoms with E-state index in [9.17, 15) is 18.0 Å². The van der Waals surface area contributed by atoms with Crippen LogP contribution in [0, 0.1) is 19.8 Å². The number of hydrogen-bond donors (Lipinski definition) is 1. The van der Waals surface area contributed by atoms with Gasteiger partial charge in [0.1, 0.15) is 5.75 Å². The smallest absolute Gasteiger partial charge is 0.265 e. The molecule has 0 aromatic heterocycles. The summed E-state index contributed by atoms with van der Waals surface area (Å²) >= 11 is 0. The van der Waals surface area contributed by atoms with Crippen LogP contribution in [-0.4, -0.2) is 50.3 Å². The van der Waals surface area contributed by atoms with Crippen LogP contribution in [0.4, 0.5) is 11.4 Å². The van der Waals surface area contributed by atoms with Crippen LogP contribution in [0.25, 0.3) is 0 Å². The van der Waals surface area contributed by atoms with Crippen LogP contribution in [0.15, 0.2) is 41.3 Å². The molecule has 0 radical (unpaired) electrons. The number of benzene rings is 2. The number of piperidine rings is 1. The zero-order chi connectivity index (χ0) is 24.6. The summed E-state index contributed by atoms with van der Waals surface area (Å²) in [6, 6.07) is 10.9. The normalized spacial score (nSPS) is 20.8. The van der Waals surface area contributed by atoms with Crippen LogP contribution in [0.3, 0.4) is 0 Å². The lowest BCUT2D eigenvalue weighted by Gasteiger charge is -2.34. The number of hydrogen-bond acceptors (Lipinski definition) is 5. The van der Waals surface area contributed by atoms with Crippen molar-refractivity contribution in [3.8, 4) is 5.75 Å². The van der Waals surface area contributed by atoms with Gasteiger partial charge in [-0.05, 0) is 69.9 Å². The van der Waals surface area contributed by atoms with E-state index in [1.54, 1.807) is 24.8 Å². The minimum atomic E-state index is -3.86. The molecule has 2 amide bonds. The number of anilines is 2. The number of carbonyl (C=O) groups is 2. The first-order valence-electron chi connectivity index (χ1n) is 11.6. The van der Waals surface area contributed by atoms with Gasteiger partial charge in [0.25, 0.3) is 5.91 Å². The standard InChI is InChI=1S/C25H31N3O5S/c1-5-28(20-10-6-8-16(2)12-20)25(30)19-9-7-11-27(15-19)34(31,32)23-14-22-21(13-17(23)3)26-24(29)18(4)33-22/h6,8,10,12-14,18-19H,5,7,9,11,15H2,1-4H3,(H,26,29)/t18-,19-/m0/s1. The third-order valence-electron chi connectivity index (χ3n) is 6.45. The van der Waals surface area contributed by atoms with Crippen LogP contribution in [0.1, 0.15) is 37.8 Å². The van der Waals surface area contributed by atoms with Crippen molar-refractivity contribution in [1.29, 1.82) is 0 Å². The summed E-state index contributed by atoms with van der Waals surface area (Å²) in [6.45, 7) is 8.21. The molecule has 4 rings (SSSR count). The van der Waals surface area contributed by atoms with Crippen molar-refractivity contribution in [1.82, 2.24) is 4.31 Å². The first-order valence-corrected chi connectivity index (χ1v) is 13.1. The highest BCUT2D eigenvalue weighted by Gasteiger charge is 2.37. The molecule has 1 saturated heterocycles. The molecule has 0 spiro atoms. The Bertz CT molecular complexity index is 1230. The summed E-state index contributed by atoms with van der Waals surface area (Å²) < 4.78 is 34.3. The van der Waals surface area contributed by atoms with Gasteiger partial charge in [0.2, 0.25) is 15.9 Å². The highest BCUT2D eigenvalue weighted by molar-refractivity contribution is 7.89. The van der Waals surface area contributed by atoms with Gasteiger partial charge in [-0.1, -0.05) is 12.1 Å². The summed E-state index contributed by atoms with van der Waals surface area (Å²) in [5, 5.41) is 2.75. The third-order valence-corrected chi connectivity index (χ3v) is 8.46. The molecule has 0 saturated carbocycles. The van der Waals surface area contributed by atoms with Crippen LogP contribution in [0.5, 0.6) is 5.75 Å². The van der Waals surface area contributed by atoms with Gasteiger partial charge >= 0.3 is 0 Å². The summed E-state index contributed by atoms with van der Waals surface area (Å²) in [7, 11) is -3.86. The Hall–Kier alpha value is -2.91. The molecule has 2 aromatic carbocycles. The molecule has 0 aliphatic carbocycles. The highest BCUT2D eigenvalue weighted by atomic mass is 32.2. The fourth-order valence-corrected chi connectivity index (χ4v) is 6.35. The fraction of sp³-hybridized carbons (Fsp3) is 0.440. The molecule has 8 nitrogen and oxygen atoms in total.